The predicted molar refractivity (Wildman–Crippen MR) is 84.9 cm³/mol. The van der Waals surface area contributed by atoms with Crippen LogP contribution >= 0.6 is 11.6 Å². The van der Waals surface area contributed by atoms with Gasteiger partial charge in [0.2, 0.25) is 0 Å². The number of aryl methyl sites for hydroxylation is 2. The number of hydrogen-bond donors (Lipinski definition) is 1. The van der Waals surface area contributed by atoms with Crippen LogP contribution in [0, 0.1) is 13.8 Å². The van der Waals surface area contributed by atoms with E-state index in [1.54, 1.807) is 0 Å². The minimum Gasteiger partial charge on any atom is -0.457 e. The Morgan fingerprint density at radius 2 is 1.85 bits per heavy atom. The van der Waals surface area contributed by atoms with Gasteiger partial charge < -0.3 is 10.1 Å². The maximum atomic E-state index is 6.31. The average Bonchev–Trinajstić information content (AvgIpc) is 2.41. The van der Waals surface area contributed by atoms with Crippen molar-refractivity contribution in [2.45, 2.75) is 26.8 Å². The third-order valence-electron chi connectivity index (χ3n) is 3.43. The van der Waals surface area contributed by atoms with E-state index >= 15 is 0 Å². The molecule has 1 atom stereocenters. The molecule has 0 fully saturated rings. The molecule has 0 aliphatic heterocycles. The third-order valence-corrected chi connectivity index (χ3v) is 3.76. The van der Waals surface area contributed by atoms with Gasteiger partial charge in [-0.25, -0.2) is 0 Å². The molecule has 0 radical (unpaired) electrons. The van der Waals surface area contributed by atoms with Crippen molar-refractivity contribution < 1.29 is 4.74 Å². The van der Waals surface area contributed by atoms with E-state index in [1.807, 2.05) is 44.3 Å². The highest BCUT2D eigenvalue weighted by Crippen LogP contribution is 2.31. The summed E-state index contributed by atoms with van der Waals surface area (Å²) in [6, 6.07) is 12.2. The Kier molecular flexibility index (Phi) is 4.69. The molecule has 0 spiro atoms. The third kappa shape index (κ3) is 3.33. The normalized spacial score (nSPS) is 12.2. The molecule has 0 bridgehead atoms. The van der Waals surface area contributed by atoms with Crippen molar-refractivity contribution in [1.82, 2.24) is 5.32 Å². The summed E-state index contributed by atoms with van der Waals surface area (Å²) >= 11 is 6.31. The summed E-state index contributed by atoms with van der Waals surface area (Å²) in [6.45, 7) is 6.19. The van der Waals surface area contributed by atoms with E-state index in [2.05, 4.69) is 25.2 Å². The quantitative estimate of drug-likeness (QED) is 0.852. The van der Waals surface area contributed by atoms with Crippen LogP contribution in [0.3, 0.4) is 0 Å². The molecule has 2 nitrogen and oxygen atoms in total. The first-order chi connectivity index (χ1) is 9.51. The zero-order chi connectivity index (χ0) is 14.7. The first-order valence-corrected chi connectivity index (χ1v) is 7.11. The number of hydrogen-bond acceptors (Lipinski definition) is 2. The van der Waals surface area contributed by atoms with Gasteiger partial charge in [0.05, 0.1) is 0 Å². The van der Waals surface area contributed by atoms with Crippen molar-refractivity contribution in [3.63, 3.8) is 0 Å². The fraction of sp³-hybridized carbons (Fsp3) is 0.294. The highest BCUT2D eigenvalue weighted by molar-refractivity contribution is 6.31. The minimum absolute atomic E-state index is 0.220. The van der Waals surface area contributed by atoms with E-state index in [-0.39, 0.29) is 6.04 Å². The molecule has 106 valence electrons. The number of nitrogens with one attached hydrogen (secondary N) is 1. The molecule has 2 aromatic rings. The Labute approximate surface area is 125 Å². The summed E-state index contributed by atoms with van der Waals surface area (Å²) in [7, 11) is 1.92. The lowest BCUT2D eigenvalue weighted by Gasteiger charge is -2.14. The second-order valence-electron chi connectivity index (χ2n) is 5.06. The van der Waals surface area contributed by atoms with Gasteiger partial charge in [-0.2, -0.15) is 0 Å². The van der Waals surface area contributed by atoms with Crippen LogP contribution in [-0.4, -0.2) is 7.05 Å². The average molecular weight is 290 g/mol. The van der Waals surface area contributed by atoms with Gasteiger partial charge in [-0.15, -0.1) is 0 Å². The predicted octanol–water partition coefficient (Wildman–Crippen LogP) is 5.03. The van der Waals surface area contributed by atoms with Crippen LogP contribution in [0.5, 0.6) is 11.5 Å². The van der Waals surface area contributed by atoms with Gasteiger partial charge in [-0.3, -0.25) is 0 Å². The highest BCUT2D eigenvalue weighted by atomic mass is 35.5. The molecule has 3 heteroatoms. The van der Waals surface area contributed by atoms with Gasteiger partial charge in [0.1, 0.15) is 11.5 Å². The molecule has 1 unspecified atom stereocenters. The smallest absolute Gasteiger partial charge is 0.130 e. The number of benzene rings is 2. The van der Waals surface area contributed by atoms with Crippen molar-refractivity contribution in [2.75, 3.05) is 7.05 Å². The van der Waals surface area contributed by atoms with Gasteiger partial charge in [0, 0.05) is 11.1 Å². The van der Waals surface area contributed by atoms with E-state index in [9.17, 15) is 0 Å². The molecule has 2 aromatic carbocycles. The Morgan fingerprint density at radius 1 is 1.10 bits per heavy atom. The Bertz CT molecular complexity index is 610. The SMILES string of the molecule is CNC(C)c1ccc(Oc2ccc(C)cc2C)cc1Cl. The van der Waals surface area contributed by atoms with Crippen LogP contribution < -0.4 is 10.1 Å². The fourth-order valence-corrected chi connectivity index (χ4v) is 2.45. The highest BCUT2D eigenvalue weighted by Gasteiger charge is 2.09. The molecule has 0 aliphatic rings. The van der Waals surface area contributed by atoms with Crippen molar-refractivity contribution in [3.8, 4) is 11.5 Å². The molecule has 0 aliphatic carbocycles. The zero-order valence-electron chi connectivity index (χ0n) is 12.3. The summed E-state index contributed by atoms with van der Waals surface area (Å²) in [5.74, 6) is 1.62. The maximum Gasteiger partial charge on any atom is 0.130 e. The van der Waals surface area contributed by atoms with Crippen LogP contribution in [0.2, 0.25) is 5.02 Å². The van der Waals surface area contributed by atoms with E-state index < -0.39 is 0 Å². The molecule has 0 saturated heterocycles. The zero-order valence-corrected chi connectivity index (χ0v) is 13.1. The summed E-state index contributed by atoms with van der Waals surface area (Å²) in [5.41, 5.74) is 3.42. The number of rotatable bonds is 4. The van der Waals surface area contributed by atoms with Crippen LogP contribution in [0.25, 0.3) is 0 Å². The van der Waals surface area contributed by atoms with Crippen molar-refractivity contribution in [3.05, 3.63) is 58.1 Å². The lowest BCUT2D eigenvalue weighted by Crippen LogP contribution is -2.12. The van der Waals surface area contributed by atoms with E-state index in [1.165, 1.54) is 5.56 Å². The van der Waals surface area contributed by atoms with Crippen LogP contribution in [0.15, 0.2) is 36.4 Å². The first kappa shape index (κ1) is 14.9. The molecule has 0 heterocycles. The molecule has 0 amide bonds. The second kappa shape index (κ2) is 6.29. The van der Waals surface area contributed by atoms with Gasteiger partial charge in [0.15, 0.2) is 0 Å². The Hall–Kier alpha value is -1.51. The number of halogens is 1. The summed E-state index contributed by atoms with van der Waals surface area (Å²) in [4.78, 5) is 0. The van der Waals surface area contributed by atoms with Crippen molar-refractivity contribution >= 4 is 11.6 Å². The lowest BCUT2D eigenvalue weighted by molar-refractivity contribution is 0.478. The van der Waals surface area contributed by atoms with E-state index in [4.69, 9.17) is 16.3 Å². The fourth-order valence-electron chi connectivity index (χ4n) is 2.12. The molecule has 0 saturated carbocycles. The Morgan fingerprint density at radius 3 is 2.45 bits per heavy atom. The molecule has 20 heavy (non-hydrogen) atoms. The Balaban J connectivity index is 2.24. The van der Waals surface area contributed by atoms with Crippen LogP contribution in [-0.2, 0) is 0 Å². The summed E-state index contributed by atoms with van der Waals surface area (Å²) in [5, 5.41) is 3.90. The minimum atomic E-state index is 0.220. The first-order valence-electron chi connectivity index (χ1n) is 6.73. The lowest BCUT2D eigenvalue weighted by atomic mass is 10.1. The summed E-state index contributed by atoms with van der Waals surface area (Å²) in [6.07, 6.45) is 0. The monoisotopic (exact) mass is 289 g/mol. The van der Waals surface area contributed by atoms with Crippen molar-refractivity contribution in [1.29, 1.82) is 0 Å². The van der Waals surface area contributed by atoms with Crippen LogP contribution in [0.1, 0.15) is 29.7 Å². The standard InChI is InChI=1S/C17H20ClNO/c1-11-5-8-17(12(2)9-11)20-14-6-7-15(13(3)19-4)16(18)10-14/h5-10,13,19H,1-4H3. The molecule has 2 rings (SSSR count). The van der Waals surface area contributed by atoms with E-state index in [0.717, 1.165) is 22.6 Å². The second-order valence-corrected chi connectivity index (χ2v) is 5.47. The summed E-state index contributed by atoms with van der Waals surface area (Å²) < 4.78 is 5.91. The van der Waals surface area contributed by atoms with Crippen LogP contribution in [0.4, 0.5) is 0 Å². The van der Waals surface area contributed by atoms with Crippen molar-refractivity contribution in [2.24, 2.45) is 0 Å². The molecular weight excluding hydrogens is 270 g/mol. The van der Waals surface area contributed by atoms with E-state index in [0.29, 0.717) is 5.02 Å². The maximum absolute atomic E-state index is 6.31. The largest absolute Gasteiger partial charge is 0.457 e. The number of ether oxygens (including phenoxy) is 1. The van der Waals surface area contributed by atoms with Gasteiger partial charge >= 0.3 is 0 Å². The van der Waals surface area contributed by atoms with Gasteiger partial charge in [-0.05, 0) is 57.1 Å². The van der Waals surface area contributed by atoms with Gasteiger partial charge in [0.25, 0.3) is 0 Å². The molecule has 0 aromatic heterocycles. The molecular formula is C17H20ClNO. The van der Waals surface area contributed by atoms with Gasteiger partial charge in [-0.1, -0.05) is 35.4 Å². The molecule has 1 N–H and O–H groups in total. The topological polar surface area (TPSA) is 21.3 Å².